The lowest BCUT2D eigenvalue weighted by Gasteiger charge is -2.13. The molecule has 1 fully saturated rings. The molecule has 2 rings (SSSR count). The van der Waals surface area contributed by atoms with Gasteiger partial charge in [0, 0.05) is 13.2 Å². The first-order valence-corrected chi connectivity index (χ1v) is 7.09. The number of carbonyl (C=O) groups is 1. The Morgan fingerprint density at radius 3 is 3.15 bits per heavy atom. The van der Waals surface area contributed by atoms with Crippen LogP contribution < -0.4 is 10.9 Å². The standard InChI is InChI=1S/C12H16BrN3O4/c1-19-10(17)7-16-12(18)11(13)9(6-15-16)14-5-8-3-2-4-20-8/h6,8,14H,2-5,7H2,1H3. The van der Waals surface area contributed by atoms with Crippen LogP contribution in [0.2, 0.25) is 0 Å². The number of nitrogens with zero attached hydrogens (tertiary/aromatic N) is 2. The normalized spacial score (nSPS) is 18.0. The van der Waals surface area contributed by atoms with Crippen molar-refractivity contribution in [2.75, 3.05) is 25.6 Å². The number of carbonyl (C=O) groups excluding carboxylic acids is 1. The summed E-state index contributed by atoms with van der Waals surface area (Å²) >= 11 is 3.22. The van der Waals surface area contributed by atoms with E-state index in [1.807, 2.05) is 0 Å². The molecule has 0 radical (unpaired) electrons. The fourth-order valence-electron chi connectivity index (χ4n) is 1.92. The highest BCUT2D eigenvalue weighted by atomic mass is 79.9. The molecule has 1 atom stereocenters. The molecule has 1 N–H and O–H groups in total. The highest BCUT2D eigenvalue weighted by Crippen LogP contribution is 2.18. The Labute approximate surface area is 124 Å². The van der Waals surface area contributed by atoms with Crippen molar-refractivity contribution in [3.63, 3.8) is 0 Å². The zero-order valence-corrected chi connectivity index (χ0v) is 12.7. The van der Waals surface area contributed by atoms with Crippen molar-refractivity contribution >= 4 is 27.6 Å². The number of hydrogen-bond donors (Lipinski definition) is 1. The predicted octanol–water partition coefficient (Wildman–Crippen LogP) is 0.770. The summed E-state index contributed by atoms with van der Waals surface area (Å²) < 4.78 is 11.4. The van der Waals surface area contributed by atoms with E-state index in [0.29, 0.717) is 16.7 Å². The minimum atomic E-state index is -0.522. The summed E-state index contributed by atoms with van der Waals surface area (Å²) in [6, 6.07) is 0. The van der Waals surface area contributed by atoms with Gasteiger partial charge >= 0.3 is 5.97 Å². The second-order valence-electron chi connectivity index (χ2n) is 4.43. The molecule has 0 bridgehead atoms. The Morgan fingerprint density at radius 1 is 1.70 bits per heavy atom. The van der Waals surface area contributed by atoms with Crippen molar-refractivity contribution in [3.05, 3.63) is 21.0 Å². The summed E-state index contributed by atoms with van der Waals surface area (Å²) in [5.41, 5.74) is 0.208. The summed E-state index contributed by atoms with van der Waals surface area (Å²) in [6.45, 7) is 1.20. The number of methoxy groups -OCH3 is 1. The van der Waals surface area contributed by atoms with E-state index in [9.17, 15) is 9.59 Å². The van der Waals surface area contributed by atoms with E-state index in [1.165, 1.54) is 13.3 Å². The van der Waals surface area contributed by atoms with Gasteiger partial charge < -0.3 is 14.8 Å². The molecule has 0 aromatic carbocycles. The number of rotatable bonds is 5. The SMILES string of the molecule is COC(=O)Cn1ncc(NCC2CCCO2)c(Br)c1=O. The number of anilines is 1. The third-order valence-electron chi connectivity index (χ3n) is 3.04. The van der Waals surface area contributed by atoms with E-state index < -0.39 is 5.97 Å². The van der Waals surface area contributed by atoms with Gasteiger partial charge in [0.1, 0.15) is 11.0 Å². The average Bonchev–Trinajstić information content (AvgIpc) is 2.96. The lowest BCUT2D eigenvalue weighted by molar-refractivity contribution is -0.141. The van der Waals surface area contributed by atoms with Crippen molar-refractivity contribution in [1.29, 1.82) is 0 Å². The van der Waals surface area contributed by atoms with Gasteiger partial charge in [0.2, 0.25) is 0 Å². The largest absolute Gasteiger partial charge is 0.468 e. The van der Waals surface area contributed by atoms with E-state index >= 15 is 0 Å². The smallest absolute Gasteiger partial charge is 0.327 e. The summed E-state index contributed by atoms with van der Waals surface area (Å²) in [5.74, 6) is -0.522. The Kier molecular flexibility index (Phi) is 5.13. The Hall–Kier alpha value is -1.41. The third-order valence-corrected chi connectivity index (χ3v) is 3.80. The van der Waals surface area contributed by atoms with Crippen LogP contribution in [-0.4, -0.2) is 42.1 Å². The Balaban J connectivity index is 2.05. The van der Waals surface area contributed by atoms with Gasteiger partial charge in [-0.1, -0.05) is 0 Å². The van der Waals surface area contributed by atoms with E-state index in [1.54, 1.807) is 0 Å². The van der Waals surface area contributed by atoms with Crippen LogP contribution >= 0.6 is 15.9 Å². The molecule has 0 aliphatic carbocycles. The molecule has 2 heterocycles. The molecule has 1 aliphatic rings. The van der Waals surface area contributed by atoms with Crippen LogP contribution in [0.5, 0.6) is 0 Å². The minimum Gasteiger partial charge on any atom is -0.468 e. The van der Waals surface area contributed by atoms with Gasteiger partial charge in [0.25, 0.3) is 5.56 Å². The first-order valence-electron chi connectivity index (χ1n) is 6.29. The number of halogens is 1. The van der Waals surface area contributed by atoms with Crippen molar-refractivity contribution < 1.29 is 14.3 Å². The third kappa shape index (κ3) is 3.57. The molecule has 110 valence electrons. The molecular weight excluding hydrogens is 330 g/mol. The van der Waals surface area contributed by atoms with Gasteiger partial charge in [-0.25, -0.2) is 4.68 Å². The first-order chi connectivity index (χ1) is 9.61. The molecule has 20 heavy (non-hydrogen) atoms. The maximum atomic E-state index is 12.0. The molecule has 0 saturated carbocycles. The summed E-state index contributed by atoms with van der Waals surface area (Å²) in [7, 11) is 1.26. The van der Waals surface area contributed by atoms with Crippen LogP contribution in [-0.2, 0) is 20.8 Å². The number of aromatic nitrogens is 2. The predicted molar refractivity (Wildman–Crippen MR) is 75.7 cm³/mol. The van der Waals surface area contributed by atoms with Gasteiger partial charge in [-0.3, -0.25) is 9.59 Å². The van der Waals surface area contributed by atoms with Crippen LogP contribution in [0.15, 0.2) is 15.5 Å². The molecular formula is C12H16BrN3O4. The zero-order chi connectivity index (χ0) is 14.5. The Morgan fingerprint density at radius 2 is 2.50 bits per heavy atom. The van der Waals surface area contributed by atoms with Crippen LogP contribution in [0.25, 0.3) is 0 Å². The van der Waals surface area contributed by atoms with Crippen LogP contribution in [0.1, 0.15) is 12.8 Å². The second kappa shape index (κ2) is 6.85. The van der Waals surface area contributed by atoms with Crippen molar-refractivity contribution in [2.24, 2.45) is 0 Å². The molecule has 0 spiro atoms. The molecule has 8 heteroatoms. The topological polar surface area (TPSA) is 82.5 Å². The molecule has 7 nitrogen and oxygen atoms in total. The van der Waals surface area contributed by atoms with Gasteiger partial charge in [-0.05, 0) is 28.8 Å². The van der Waals surface area contributed by atoms with Gasteiger partial charge in [-0.15, -0.1) is 0 Å². The molecule has 1 saturated heterocycles. The number of nitrogens with one attached hydrogen (secondary N) is 1. The maximum absolute atomic E-state index is 12.0. The van der Waals surface area contributed by atoms with Gasteiger partial charge in [0.15, 0.2) is 0 Å². The van der Waals surface area contributed by atoms with E-state index in [-0.39, 0.29) is 18.2 Å². The van der Waals surface area contributed by atoms with E-state index in [4.69, 9.17) is 4.74 Å². The van der Waals surface area contributed by atoms with Crippen molar-refractivity contribution in [1.82, 2.24) is 9.78 Å². The summed E-state index contributed by atoms with van der Waals surface area (Å²) in [5, 5.41) is 7.07. The van der Waals surface area contributed by atoms with Crippen molar-refractivity contribution in [3.8, 4) is 0 Å². The van der Waals surface area contributed by atoms with Crippen LogP contribution in [0, 0.1) is 0 Å². The summed E-state index contributed by atoms with van der Waals surface area (Å²) in [6.07, 6.45) is 3.74. The van der Waals surface area contributed by atoms with E-state index in [2.05, 4.69) is 31.1 Å². The molecule has 0 amide bonds. The van der Waals surface area contributed by atoms with Gasteiger partial charge in [-0.2, -0.15) is 5.10 Å². The molecule has 1 aliphatic heterocycles. The fraction of sp³-hybridized carbons (Fsp3) is 0.583. The fourth-order valence-corrected chi connectivity index (χ4v) is 2.36. The number of esters is 1. The molecule has 1 aromatic heterocycles. The monoisotopic (exact) mass is 345 g/mol. The quantitative estimate of drug-likeness (QED) is 0.793. The average molecular weight is 346 g/mol. The van der Waals surface area contributed by atoms with Crippen molar-refractivity contribution in [2.45, 2.75) is 25.5 Å². The van der Waals surface area contributed by atoms with Crippen LogP contribution in [0.4, 0.5) is 5.69 Å². The van der Waals surface area contributed by atoms with Crippen LogP contribution in [0.3, 0.4) is 0 Å². The van der Waals surface area contributed by atoms with Gasteiger partial charge in [0.05, 0.1) is 25.1 Å². The molecule has 1 unspecified atom stereocenters. The van der Waals surface area contributed by atoms with E-state index in [0.717, 1.165) is 24.1 Å². The lowest BCUT2D eigenvalue weighted by Crippen LogP contribution is -2.29. The Bertz CT molecular complexity index is 540. The highest BCUT2D eigenvalue weighted by molar-refractivity contribution is 9.10. The minimum absolute atomic E-state index is 0.166. The first kappa shape index (κ1) is 15.0. The zero-order valence-electron chi connectivity index (χ0n) is 11.1. The number of hydrogen-bond acceptors (Lipinski definition) is 6. The highest BCUT2D eigenvalue weighted by Gasteiger charge is 2.17. The maximum Gasteiger partial charge on any atom is 0.327 e. The second-order valence-corrected chi connectivity index (χ2v) is 5.22. The lowest BCUT2D eigenvalue weighted by atomic mass is 10.2. The molecule has 1 aromatic rings. The number of ether oxygens (including phenoxy) is 2. The summed E-state index contributed by atoms with van der Waals surface area (Å²) in [4.78, 5) is 23.2.